The minimum Gasteiger partial charge on any atom is -0.465 e. The van der Waals surface area contributed by atoms with E-state index in [0.29, 0.717) is 26.0 Å². The first-order valence-corrected chi connectivity index (χ1v) is 11.2. The Kier molecular flexibility index (Phi) is 6.95. The molecule has 2 atom stereocenters. The lowest BCUT2D eigenvalue weighted by molar-refractivity contribution is -0.152. The van der Waals surface area contributed by atoms with Crippen LogP contribution in [-0.2, 0) is 14.3 Å². The Morgan fingerprint density at radius 1 is 1.09 bits per heavy atom. The first-order chi connectivity index (χ1) is 15.6. The van der Waals surface area contributed by atoms with Gasteiger partial charge in [-0.25, -0.2) is 9.40 Å². The number of esters is 1. The van der Waals surface area contributed by atoms with Gasteiger partial charge in [-0.15, -0.1) is 0 Å². The van der Waals surface area contributed by atoms with Gasteiger partial charge in [-0.2, -0.15) is 5.10 Å². The molecule has 0 N–H and O–H groups in total. The number of hydrogen-bond acceptors (Lipinski definition) is 5. The van der Waals surface area contributed by atoms with E-state index in [1.165, 1.54) is 17.1 Å². The van der Waals surface area contributed by atoms with Crippen molar-refractivity contribution in [1.82, 2.24) is 9.91 Å². The van der Waals surface area contributed by atoms with Gasteiger partial charge in [0.05, 0.1) is 24.9 Å². The third-order valence-corrected chi connectivity index (χ3v) is 6.04. The summed E-state index contributed by atoms with van der Waals surface area (Å²) in [6.45, 7) is 2.86. The van der Waals surface area contributed by atoms with Crippen LogP contribution >= 0.6 is 0 Å². The molecule has 0 spiro atoms. The molecule has 1 saturated heterocycles. The van der Waals surface area contributed by atoms with Crippen molar-refractivity contribution in [3.05, 3.63) is 71.5 Å². The normalized spacial score (nSPS) is 21.3. The number of amides is 1. The van der Waals surface area contributed by atoms with Crippen molar-refractivity contribution < 1.29 is 18.7 Å². The number of hydrogen-bond donors (Lipinski definition) is 0. The van der Waals surface area contributed by atoms with Crippen LogP contribution in [0.25, 0.3) is 0 Å². The molecule has 32 heavy (non-hydrogen) atoms. The molecule has 168 valence electrons. The second-order valence-corrected chi connectivity index (χ2v) is 8.16. The zero-order valence-corrected chi connectivity index (χ0v) is 18.2. The van der Waals surface area contributed by atoms with Crippen LogP contribution < -0.4 is 0 Å². The lowest BCUT2D eigenvalue weighted by atomic mass is 9.98. The van der Waals surface area contributed by atoms with Gasteiger partial charge < -0.3 is 4.74 Å². The molecule has 0 bridgehead atoms. The topological polar surface area (TPSA) is 62.2 Å². The number of carbonyl (C=O) groups is 2. The van der Waals surface area contributed by atoms with Crippen LogP contribution in [0.5, 0.6) is 0 Å². The van der Waals surface area contributed by atoms with E-state index in [-0.39, 0.29) is 30.3 Å². The zero-order valence-electron chi connectivity index (χ0n) is 18.2. The van der Waals surface area contributed by atoms with Crippen molar-refractivity contribution in [3.63, 3.8) is 0 Å². The molecule has 6 nitrogen and oxygen atoms in total. The maximum atomic E-state index is 13.5. The molecule has 2 aromatic carbocycles. The second kappa shape index (κ2) is 10.0. The number of carbonyl (C=O) groups excluding carboxylic acids is 2. The molecule has 2 aromatic rings. The number of piperidine rings is 1. The molecule has 7 heteroatoms. The van der Waals surface area contributed by atoms with Gasteiger partial charge >= 0.3 is 5.97 Å². The summed E-state index contributed by atoms with van der Waals surface area (Å²) < 4.78 is 18.7. The van der Waals surface area contributed by atoms with Crippen LogP contribution in [0, 0.1) is 5.82 Å². The summed E-state index contributed by atoms with van der Waals surface area (Å²) in [5.41, 5.74) is 2.60. The number of ether oxygens (including phenoxy) is 1. The first-order valence-electron chi connectivity index (χ1n) is 11.2. The first kappa shape index (κ1) is 22.1. The highest BCUT2D eigenvalue weighted by Gasteiger charge is 2.37. The van der Waals surface area contributed by atoms with Gasteiger partial charge in [-0.05, 0) is 49.6 Å². The smallest absolute Gasteiger partial charge is 0.323 e. The van der Waals surface area contributed by atoms with E-state index >= 15 is 0 Å². The molecular formula is C25H28FN3O3. The fraction of sp³-hybridized carbons (Fsp3) is 0.400. The molecule has 2 aliphatic heterocycles. The Balaban J connectivity index is 1.58. The summed E-state index contributed by atoms with van der Waals surface area (Å²) >= 11 is 0. The van der Waals surface area contributed by atoms with E-state index in [2.05, 4.69) is 5.10 Å². The van der Waals surface area contributed by atoms with Crippen LogP contribution in [-0.4, -0.2) is 53.2 Å². The van der Waals surface area contributed by atoms with E-state index in [4.69, 9.17) is 4.74 Å². The summed E-state index contributed by atoms with van der Waals surface area (Å²) in [6, 6.07) is 15.2. The molecule has 1 fully saturated rings. The lowest BCUT2D eigenvalue weighted by Gasteiger charge is -2.34. The minimum absolute atomic E-state index is 0.0900. The van der Waals surface area contributed by atoms with E-state index in [1.54, 1.807) is 19.1 Å². The Labute approximate surface area is 187 Å². The van der Waals surface area contributed by atoms with Crippen LogP contribution in [0.1, 0.15) is 49.8 Å². The van der Waals surface area contributed by atoms with Gasteiger partial charge in [-0.1, -0.05) is 48.9 Å². The Morgan fingerprint density at radius 3 is 2.56 bits per heavy atom. The molecule has 0 aromatic heterocycles. The standard InChI is InChI=1S/C25H28FN3O3/c1-2-32-25(31)22-10-6-7-15-28(22)17-24(30)29-23(19-11-13-20(26)14-12-19)16-21(27-29)18-8-4-3-5-9-18/h3-5,8-9,11-14,22-23H,2,6-7,10,15-17H2,1H3/t22-,23+/m0/s1. The highest BCUT2D eigenvalue weighted by atomic mass is 19.1. The van der Waals surface area contributed by atoms with Crippen LogP contribution in [0.3, 0.4) is 0 Å². The van der Waals surface area contributed by atoms with Crippen molar-refractivity contribution in [2.45, 2.75) is 44.7 Å². The van der Waals surface area contributed by atoms with Crippen LogP contribution in [0.2, 0.25) is 0 Å². The molecular weight excluding hydrogens is 409 g/mol. The fourth-order valence-electron chi connectivity index (χ4n) is 4.42. The zero-order chi connectivity index (χ0) is 22.5. The molecule has 1 amide bonds. The third-order valence-electron chi connectivity index (χ3n) is 6.04. The Hall–Kier alpha value is -3.06. The van der Waals surface area contributed by atoms with Gasteiger partial charge in [0, 0.05) is 6.42 Å². The molecule has 0 saturated carbocycles. The number of hydrazone groups is 1. The fourth-order valence-corrected chi connectivity index (χ4v) is 4.42. The SMILES string of the molecule is CCOC(=O)[C@@H]1CCCCN1CC(=O)N1N=C(c2ccccc2)C[C@@H]1c1ccc(F)cc1. The summed E-state index contributed by atoms with van der Waals surface area (Å²) in [5, 5.41) is 6.18. The van der Waals surface area contributed by atoms with Crippen molar-refractivity contribution in [1.29, 1.82) is 0 Å². The lowest BCUT2D eigenvalue weighted by Crippen LogP contribution is -2.49. The van der Waals surface area contributed by atoms with Gasteiger partial charge in [0.2, 0.25) is 0 Å². The quantitative estimate of drug-likeness (QED) is 0.643. The maximum Gasteiger partial charge on any atom is 0.323 e. The van der Waals surface area contributed by atoms with Crippen molar-refractivity contribution in [3.8, 4) is 0 Å². The summed E-state index contributed by atoms with van der Waals surface area (Å²) in [4.78, 5) is 27.7. The van der Waals surface area contributed by atoms with Gasteiger partial charge in [0.15, 0.2) is 0 Å². The minimum atomic E-state index is -0.405. The number of rotatable bonds is 6. The van der Waals surface area contributed by atoms with Gasteiger partial charge in [0.25, 0.3) is 5.91 Å². The molecule has 0 aliphatic carbocycles. The third kappa shape index (κ3) is 4.88. The summed E-state index contributed by atoms with van der Waals surface area (Å²) in [5.74, 6) is -0.772. The maximum absolute atomic E-state index is 13.5. The van der Waals surface area contributed by atoms with Crippen molar-refractivity contribution in [2.24, 2.45) is 5.10 Å². The van der Waals surface area contributed by atoms with E-state index in [0.717, 1.165) is 29.7 Å². The van der Waals surface area contributed by atoms with E-state index in [9.17, 15) is 14.0 Å². The van der Waals surface area contributed by atoms with E-state index < -0.39 is 6.04 Å². The molecule has 0 radical (unpaired) electrons. The molecule has 4 rings (SSSR count). The molecule has 0 unspecified atom stereocenters. The second-order valence-electron chi connectivity index (χ2n) is 8.16. The monoisotopic (exact) mass is 437 g/mol. The predicted molar refractivity (Wildman–Crippen MR) is 119 cm³/mol. The number of likely N-dealkylation sites (tertiary alicyclic amines) is 1. The van der Waals surface area contributed by atoms with Gasteiger partial charge in [-0.3, -0.25) is 14.5 Å². The number of halogens is 1. The highest BCUT2D eigenvalue weighted by Crippen LogP contribution is 2.33. The Bertz CT molecular complexity index is 978. The van der Waals surface area contributed by atoms with Crippen LogP contribution in [0.15, 0.2) is 59.7 Å². The number of benzene rings is 2. The van der Waals surface area contributed by atoms with Crippen molar-refractivity contribution in [2.75, 3.05) is 19.7 Å². The average Bonchev–Trinajstić information content (AvgIpc) is 3.26. The Morgan fingerprint density at radius 2 is 1.84 bits per heavy atom. The van der Waals surface area contributed by atoms with Crippen molar-refractivity contribution >= 4 is 17.6 Å². The van der Waals surface area contributed by atoms with Gasteiger partial charge in [0.1, 0.15) is 11.9 Å². The predicted octanol–water partition coefficient (Wildman–Crippen LogP) is 3.92. The summed E-state index contributed by atoms with van der Waals surface area (Å²) in [7, 11) is 0. The van der Waals surface area contributed by atoms with E-state index in [1.807, 2.05) is 35.2 Å². The largest absolute Gasteiger partial charge is 0.465 e. The number of nitrogens with zero attached hydrogens (tertiary/aromatic N) is 3. The average molecular weight is 438 g/mol. The highest BCUT2D eigenvalue weighted by molar-refractivity contribution is 6.03. The molecule has 2 heterocycles. The summed E-state index contributed by atoms with van der Waals surface area (Å²) in [6.07, 6.45) is 3.10. The molecule has 2 aliphatic rings. The van der Waals surface area contributed by atoms with Crippen LogP contribution in [0.4, 0.5) is 4.39 Å².